The van der Waals surface area contributed by atoms with E-state index < -0.39 is 0 Å². The predicted octanol–water partition coefficient (Wildman–Crippen LogP) is 3.08. The molecular formula is C18H30IN3O2. The van der Waals surface area contributed by atoms with E-state index in [0.29, 0.717) is 13.2 Å². The molecule has 24 heavy (non-hydrogen) atoms. The molecule has 0 spiro atoms. The van der Waals surface area contributed by atoms with Crippen LogP contribution in [0.5, 0.6) is 0 Å². The number of guanidine groups is 1. The molecule has 0 aliphatic carbocycles. The van der Waals surface area contributed by atoms with Gasteiger partial charge in [0.2, 0.25) is 0 Å². The molecule has 0 amide bonds. The summed E-state index contributed by atoms with van der Waals surface area (Å²) < 4.78 is 10.4. The highest BCUT2D eigenvalue weighted by atomic mass is 127. The van der Waals surface area contributed by atoms with Gasteiger partial charge in [0.25, 0.3) is 0 Å². The average Bonchev–Trinajstić information content (AvgIpc) is 3.00. The average molecular weight is 447 g/mol. The first-order chi connectivity index (χ1) is 11.4. The molecule has 1 aromatic rings. The minimum Gasteiger partial charge on any atom is -0.382 e. The van der Waals surface area contributed by atoms with Gasteiger partial charge in [0.05, 0.1) is 13.2 Å². The van der Waals surface area contributed by atoms with E-state index in [0.717, 1.165) is 51.5 Å². The van der Waals surface area contributed by atoms with E-state index in [-0.39, 0.29) is 24.0 Å². The van der Waals surface area contributed by atoms with Crippen LogP contribution in [-0.4, -0.2) is 52.5 Å². The summed E-state index contributed by atoms with van der Waals surface area (Å²) in [5, 5.41) is 3.41. The van der Waals surface area contributed by atoms with E-state index in [2.05, 4.69) is 41.4 Å². The maximum atomic E-state index is 5.48. The Hall–Kier alpha value is -0.860. The summed E-state index contributed by atoms with van der Waals surface area (Å²) in [4.78, 5) is 7.08. The Morgan fingerprint density at radius 1 is 1.21 bits per heavy atom. The molecule has 0 radical (unpaired) electrons. The van der Waals surface area contributed by atoms with Gasteiger partial charge in [-0.25, -0.2) is 0 Å². The third-order valence-electron chi connectivity index (χ3n) is 3.87. The highest BCUT2D eigenvalue weighted by Gasteiger charge is 2.22. The standard InChI is InChI=1S/C18H29N3O2.HI/c1-3-19-18(20-11-6-7-13-23-15-14-22-2)21-12-10-16-8-4-5-9-17(16)21;/h4-5,8-9H,3,6-7,10-15H2,1-2H3,(H,19,20);1H. The summed E-state index contributed by atoms with van der Waals surface area (Å²) in [6, 6.07) is 8.59. The topological polar surface area (TPSA) is 46.1 Å². The van der Waals surface area contributed by atoms with Crippen molar-refractivity contribution >= 4 is 35.6 Å². The second kappa shape index (κ2) is 12.5. The van der Waals surface area contributed by atoms with Crippen LogP contribution < -0.4 is 10.2 Å². The molecule has 136 valence electrons. The summed E-state index contributed by atoms with van der Waals surface area (Å²) in [6.45, 7) is 6.95. The van der Waals surface area contributed by atoms with Crippen molar-refractivity contribution in [2.45, 2.75) is 26.2 Å². The second-order valence-corrected chi connectivity index (χ2v) is 5.58. The van der Waals surface area contributed by atoms with Crippen molar-refractivity contribution in [1.82, 2.24) is 5.32 Å². The van der Waals surface area contributed by atoms with Crippen LogP contribution in [-0.2, 0) is 15.9 Å². The number of hydrogen-bond donors (Lipinski definition) is 1. The van der Waals surface area contributed by atoms with E-state index in [9.17, 15) is 0 Å². The van der Waals surface area contributed by atoms with Crippen LogP contribution in [0, 0.1) is 0 Å². The van der Waals surface area contributed by atoms with E-state index >= 15 is 0 Å². The number of benzene rings is 1. The molecule has 0 bridgehead atoms. The molecule has 1 N–H and O–H groups in total. The maximum Gasteiger partial charge on any atom is 0.198 e. The van der Waals surface area contributed by atoms with Gasteiger partial charge in [-0.2, -0.15) is 0 Å². The number of hydrogen-bond acceptors (Lipinski definition) is 3. The number of para-hydroxylation sites is 1. The zero-order chi connectivity index (χ0) is 16.3. The number of methoxy groups -OCH3 is 1. The largest absolute Gasteiger partial charge is 0.382 e. The quantitative estimate of drug-likeness (QED) is 0.274. The molecule has 1 aromatic carbocycles. The first kappa shape index (κ1) is 21.2. The molecule has 0 saturated heterocycles. The number of halogens is 1. The van der Waals surface area contributed by atoms with Gasteiger partial charge < -0.3 is 19.7 Å². The van der Waals surface area contributed by atoms with Crippen LogP contribution in [0.3, 0.4) is 0 Å². The number of anilines is 1. The fraction of sp³-hybridized carbons (Fsp3) is 0.611. The van der Waals surface area contributed by atoms with Gasteiger partial charge >= 0.3 is 0 Å². The maximum absolute atomic E-state index is 5.48. The number of nitrogens with one attached hydrogen (secondary N) is 1. The van der Waals surface area contributed by atoms with Crippen LogP contribution in [0.25, 0.3) is 0 Å². The molecule has 0 atom stereocenters. The van der Waals surface area contributed by atoms with Crippen LogP contribution in [0.1, 0.15) is 25.3 Å². The van der Waals surface area contributed by atoms with E-state index in [1.54, 1.807) is 7.11 Å². The Morgan fingerprint density at radius 2 is 2.04 bits per heavy atom. The lowest BCUT2D eigenvalue weighted by atomic mass is 10.2. The summed E-state index contributed by atoms with van der Waals surface area (Å²) >= 11 is 0. The summed E-state index contributed by atoms with van der Waals surface area (Å²) in [5.74, 6) is 0.998. The molecule has 0 fully saturated rings. The Kier molecular flexibility index (Phi) is 11.0. The molecule has 1 heterocycles. The van der Waals surface area contributed by atoms with Gasteiger partial charge in [-0.3, -0.25) is 4.99 Å². The van der Waals surface area contributed by atoms with Crippen molar-refractivity contribution in [2.24, 2.45) is 4.99 Å². The number of aliphatic imine (C=N–C) groups is 1. The van der Waals surface area contributed by atoms with Crippen LogP contribution in [0.15, 0.2) is 29.3 Å². The van der Waals surface area contributed by atoms with Gasteiger partial charge in [0.1, 0.15) is 0 Å². The zero-order valence-electron chi connectivity index (χ0n) is 14.8. The Morgan fingerprint density at radius 3 is 2.83 bits per heavy atom. The van der Waals surface area contributed by atoms with E-state index in [1.807, 2.05) is 0 Å². The minimum atomic E-state index is 0. The van der Waals surface area contributed by atoms with Crippen LogP contribution in [0.2, 0.25) is 0 Å². The lowest BCUT2D eigenvalue weighted by Crippen LogP contribution is -2.40. The summed E-state index contributed by atoms with van der Waals surface area (Å²) in [6.07, 6.45) is 3.16. The van der Waals surface area contributed by atoms with Crippen molar-refractivity contribution in [3.05, 3.63) is 29.8 Å². The van der Waals surface area contributed by atoms with Gasteiger partial charge in [-0.05, 0) is 37.8 Å². The van der Waals surface area contributed by atoms with E-state index in [1.165, 1.54) is 11.3 Å². The van der Waals surface area contributed by atoms with Crippen molar-refractivity contribution in [3.8, 4) is 0 Å². The first-order valence-corrected chi connectivity index (χ1v) is 8.57. The third-order valence-corrected chi connectivity index (χ3v) is 3.87. The van der Waals surface area contributed by atoms with Gasteiger partial charge in [-0.1, -0.05) is 18.2 Å². The van der Waals surface area contributed by atoms with Crippen molar-refractivity contribution < 1.29 is 9.47 Å². The fourth-order valence-electron chi connectivity index (χ4n) is 2.70. The predicted molar refractivity (Wildman–Crippen MR) is 111 cm³/mol. The highest BCUT2D eigenvalue weighted by Crippen LogP contribution is 2.27. The van der Waals surface area contributed by atoms with Crippen molar-refractivity contribution in [2.75, 3.05) is 51.5 Å². The molecule has 2 rings (SSSR count). The number of unbranched alkanes of at least 4 members (excludes halogenated alkanes) is 1. The zero-order valence-corrected chi connectivity index (χ0v) is 17.1. The lowest BCUT2D eigenvalue weighted by Gasteiger charge is -2.22. The molecule has 0 saturated carbocycles. The number of rotatable bonds is 9. The highest BCUT2D eigenvalue weighted by molar-refractivity contribution is 14.0. The van der Waals surface area contributed by atoms with Gasteiger partial charge in [0.15, 0.2) is 5.96 Å². The molecule has 0 unspecified atom stereocenters. The molecule has 5 nitrogen and oxygen atoms in total. The van der Waals surface area contributed by atoms with Crippen LogP contribution in [0.4, 0.5) is 5.69 Å². The molecule has 1 aliphatic rings. The monoisotopic (exact) mass is 447 g/mol. The summed E-state index contributed by atoms with van der Waals surface area (Å²) in [7, 11) is 1.69. The smallest absolute Gasteiger partial charge is 0.198 e. The number of nitrogens with zero attached hydrogens (tertiary/aromatic N) is 2. The number of fused-ring (bicyclic) bond motifs is 1. The normalized spacial score (nSPS) is 13.6. The van der Waals surface area contributed by atoms with Gasteiger partial charge in [0, 0.05) is 39.0 Å². The minimum absolute atomic E-state index is 0. The third kappa shape index (κ3) is 6.57. The van der Waals surface area contributed by atoms with Gasteiger partial charge in [-0.15, -0.1) is 24.0 Å². The molecule has 0 aromatic heterocycles. The fourth-order valence-corrected chi connectivity index (χ4v) is 2.70. The van der Waals surface area contributed by atoms with E-state index in [4.69, 9.17) is 14.5 Å². The number of ether oxygens (including phenoxy) is 2. The van der Waals surface area contributed by atoms with Crippen molar-refractivity contribution in [3.63, 3.8) is 0 Å². The Bertz CT molecular complexity index is 497. The second-order valence-electron chi connectivity index (χ2n) is 5.58. The first-order valence-electron chi connectivity index (χ1n) is 8.57. The Balaban J connectivity index is 0.00000288. The molecule has 6 heteroatoms. The Labute approximate surface area is 162 Å². The molecule has 1 aliphatic heterocycles. The van der Waals surface area contributed by atoms with Crippen molar-refractivity contribution in [1.29, 1.82) is 0 Å². The summed E-state index contributed by atoms with van der Waals surface area (Å²) in [5.41, 5.74) is 2.69. The lowest BCUT2D eigenvalue weighted by molar-refractivity contribution is 0.0690. The van der Waals surface area contributed by atoms with Crippen LogP contribution >= 0.6 is 24.0 Å². The molecular weight excluding hydrogens is 417 g/mol. The SMILES string of the molecule is CCNC(=NCCCCOCCOC)N1CCc2ccccc21.I.